The summed E-state index contributed by atoms with van der Waals surface area (Å²) in [5, 5.41) is 13.7. The zero-order valence-corrected chi connectivity index (χ0v) is 11.7. The van der Waals surface area contributed by atoms with E-state index in [1.165, 1.54) is 7.11 Å². The van der Waals surface area contributed by atoms with Gasteiger partial charge in [0.15, 0.2) is 0 Å². The summed E-state index contributed by atoms with van der Waals surface area (Å²) >= 11 is 0. The van der Waals surface area contributed by atoms with E-state index in [4.69, 9.17) is 5.11 Å². The van der Waals surface area contributed by atoms with Crippen LogP contribution in [-0.2, 0) is 14.3 Å². The van der Waals surface area contributed by atoms with Crippen LogP contribution < -0.4 is 10.6 Å². The minimum Gasteiger partial charge on any atom is -0.480 e. The lowest BCUT2D eigenvalue weighted by Gasteiger charge is -2.21. The number of urea groups is 1. The van der Waals surface area contributed by atoms with Gasteiger partial charge in [-0.15, -0.1) is 0 Å². The Hall–Kier alpha value is -1.79. The lowest BCUT2D eigenvalue weighted by molar-refractivity contribution is -0.144. The van der Waals surface area contributed by atoms with Crippen molar-refractivity contribution < 1.29 is 24.2 Å². The van der Waals surface area contributed by atoms with E-state index in [1.807, 2.05) is 6.92 Å². The van der Waals surface area contributed by atoms with E-state index in [1.54, 1.807) is 13.8 Å². The molecule has 0 heterocycles. The monoisotopic (exact) mass is 274 g/mol. The maximum Gasteiger partial charge on any atom is 0.328 e. The van der Waals surface area contributed by atoms with Crippen molar-refractivity contribution in [2.45, 2.75) is 45.7 Å². The van der Waals surface area contributed by atoms with E-state index in [0.29, 0.717) is 12.8 Å². The summed E-state index contributed by atoms with van der Waals surface area (Å²) in [5.74, 6) is -1.82. The molecule has 0 aliphatic carbocycles. The molecule has 0 aromatic carbocycles. The van der Waals surface area contributed by atoms with E-state index >= 15 is 0 Å². The largest absolute Gasteiger partial charge is 0.480 e. The summed E-state index contributed by atoms with van der Waals surface area (Å²) in [7, 11) is 1.23. The second-order valence-electron chi connectivity index (χ2n) is 4.54. The van der Waals surface area contributed by atoms with E-state index in [2.05, 4.69) is 15.4 Å². The van der Waals surface area contributed by atoms with E-state index in [-0.39, 0.29) is 5.92 Å². The van der Waals surface area contributed by atoms with Gasteiger partial charge >= 0.3 is 18.0 Å². The molecule has 7 nitrogen and oxygen atoms in total. The molecule has 7 heteroatoms. The number of aliphatic carboxylic acids is 1. The first-order valence-electron chi connectivity index (χ1n) is 6.21. The number of esters is 1. The highest BCUT2D eigenvalue weighted by Crippen LogP contribution is 2.04. The highest BCUT2D eigenvalue weighted by molar-refractivity contribution is 5.86. The zero-order valence-electron chi connectivity index (χ0n) is 11.7. The van der Waals surface area contributed by atoms with Crippen LogP contribution in [0.5, 0.6) is 0 Å². The molecule has 0 rings (SSSR count). The number of nitrogens with one attached hydrogen (secondary N) is 2. The number of carbonyl (C=O) groups excluding carboxylic acids is 2. The Labute approximate surface area is 112 Å². The lowest BCUT2D eigenvalue weighted by Crippen LogP contribution is -2.52. The standard InChI is InChI=1S/C12H22N2O5/c1-5-6-8(10(15)16)13-12(18)14-9(7(2)3)11(17)19-4/h7-9H,5-6H2,1-4H3,(H,15,16)(H2,13,14,18). The van der Waals surface area contributed by atoms with Gasteiger partial charge in [-0.3, -0.25) is 0 Å². The van der Waals surface area contributed by atoms with Crippen molar-refractivity contribution in [2.75, 3.05) is 7.11 Å². The molecule has 0 aliphatic heterocycles. The fourth-order valence-electron chi connectivity index (χ4n) is 1.51. The quantitative estimate of drug-likeness (QED) is 0.594. The molecule has 0 aliphatic rings. The van der Waals surface area contributed by atoms with Gasteiger partial charge in [0, 0.05) is 0 Å². The number of methoxy groups -OCH3 is 1. The first-order chi connectivity index (χ1) is 8.83. The average molecular weight is 274 g/mol. The van der Waals surface area contributed by atoms with Crippen LogP contribution in [0.1, 0.15) is 33.6 Å². The Morgan fingerprint density at radius 2 is 1.79 bits per heavy atom. The number of ether oxygens (including phenoxy) is 1. The van der Waals surface area contributed by atoms with Crippen molar-refractivity contribution in [1.29, 1.82) is 0 Å². The Morgan fingerprint density at radius 3 is 2.16 bits per heavy atom. The number of hydrogen-bond acceptors (Lipinski definition) is 4. The van der Waals surface area contributed by atoms with Gasteiger partial charge in [-0.2, -0.15) is 0 Å². The maximum absolute atomic E-state index is 11.7. The molecule has 0 fully saturated rings. The summed E-state index contributed by atoms with van der Waals surface area (Å²) in [6.07, 6.45) is 0.954. The van der Waals surface area contributed by atoms with Crippen LogP contribution >= 0.6 is 0 Å². The van der Waals surface area contributed by atoms with Gasteiger partial charge in [-0.05, 0) is 12.3 Å². The maximum atomic E-state index is 11.7. The molecule has 0 aromatic rings. The van der Waals surface area contributed by atoms with E-state index in [9.17, 15) is 14.4 Å². The first-order valence-corrected chi connectivity index (χ1v) is 6.21. The molecule has 0 saturated heterocycles. The number of hydrogen-bond donors (Lipinski definition) is 3. The number of rotatable bonds is 7. The summed E-state index contributed by atoms with van der Waals surface area (Å²) < 4.78 is 4.58. The summed E-state index contributed by atoms with van der Waals surface area (Å²) in [6, 6.07) is -2.46. The fourth-order valence-corrected chi connectivity index (χ4v) is 1.51. The smallest absolute Gasteiger partial charge is 0.328 e. The summed E-state index contributed by atoms with van der Waals surface area (Å²) in [6.45, 7) is 5.33. The molecule has 2 amide bonds. The van der Waals surface area contributed by atoms with Crippen molar-refractivity contribution in [1.82, 2.24) is 10.6 Å². The van der Waals surface area contributed by atoms with Crippen LogP contribution in [0.15, 0.2) is 0 Å². The van der Waals surface area contributed by atoms with Gasteiger partial charge in [0.1, 0.15) is 12.1 Å². The SMILES string of the molecule is CCCC(NC(=O)NC(C(=O)OC)C(C)C)C(=O)O. The van der Waals surface area contributed by atoms with E-state index < -0.39 is 30.1 Å². The number of amides is 2. The van der Waals surface area contributed by atoms with Crippen molar-refractivity contribution in [3.8, 4) is 0 Å². The third-order valence-corrected chi connectivity index (χ3v) is 2.59. The molecule has 0 bridgehead atoms. The van der Waals surface area contributed by atoms with Crippen LogP contribution in [-0.4, -0.2) is 42.3 Å². The molecule has 2 atom stereocenters. The first kappa shape index (κ1) is 17.2. The highest BCUT2D eigenvalue weighted by atomic mass is 16.5. The highest BCUT2D eigenvalue weighted by Gasteiger charge is 2.26. The van der Waals surface area contributed by atoms with Crippen LogP contribution in [0.4, 0.5) is 4.79 Å². The predicted octanol–water partition coefficient (Wildman–Crippen LogP) is 0.737. The van der Waals surface area contributed by atoms with Crippen LogP contribution in [0.2, 0.25) is 0 Å². The minimum atomic E-state index is -1.10. The minimum absolute atomic E-state index is 0.160. The van der Waals surface area contributed by atoms with E-state index in [0.717, 1.165) is 0 Å². The molecular formula is C12H22N2O5. The van der Waals surface area contributed by atoms with Gasteiger partial charge < -0.3 is 20.5 Å². The van der Waals surface area contributed by atoms with Gasteiger partial charge in [-0.25, -0.2) is 14.4 Å². The normalized spacial score (nSPS) is 13.5. The van der Waals surface area contributed by atoms with Gasteiger partial charge in [0.2, 0.25) is 0 Å². The zero-order chi connectivity index (χ0) is 15.0. The Kier molecular flexibility index (Phi) is 7.55. The molecule has 19 heavy (non-hydrogen) atoms. The lowest BCUT2D eigenvalue weighted by atomic mass is 10.1. The Bertz CT molecular complexity index is 330. The van der Waals surface area contributed by atoms with Crippen LogP contribution in [0, 0.1) is 5.92 Å². The second-order valence-corrected chi connectivity index (χ2v) is 4.54. The molecule has 0 aromatic heterocycles. The summed E-state index contributed by atoms with van der Waals surface area (Å²) in [4.78, 5) is 34.0. The Balaban J connectivity index is 4.56. The second kappa shape index (κ2) is 8.34. The van der Waals surface area contributed by atoms with Crippen molar-refractivity contribution in [3.05, 3.63) is 0 Å². The van der Waals surface area contributed by atoms with Crippen molar-refractivity contribution in [2.24, 2.45) is 5.92 Å². The molecule has 2 unspecified atom stereocenters. The molecule has 0 spiro atoms. The van der Waals surface area contributed by atoms with Gasteiger partial charge in [-0.1, -0.05) is 27.2 Å². The van der Waals surface area contributed by atoms with Gasteiger partial charge in [0.05, 0.1) is 7.11 Å². The van der Waals surface area contributed by atoms with Crippen molar-refractivity contribution >= 4 is 18.0 Å². The van der Waals surface area contributed by atoms with Gasteiger partial charge in [0.25, 0.3) is 0 Å². The number of carboxylic acids is 1. The molecular weight excluding hydrogens is 252 g/mol. The Morgan fingerprint density at radius 1 is 1.21 bits per heavy atom. The van der Waals surface area contributed by atoms with Crippen molar-refractivity contribution in [3.63, 3.8) is 0 Å². The fraction of sp³-hybridized carbons (Fsp3) is 0.750. The van der Waals surface area contributed by atoms with Crippen LogP contribution in [0.3, 0.4) is 0 Å². The number of carboxylic acid groups (broad SMARTS) is 1. The summed E-state index contributed by atoms with van der Waals surface area (Å²) in [5.41, 5.74) is 0. The third-order valence-electron chi connectivity index (χ3n) is 2.59. The molecule has 3 N–H and O–H groups in total. The molecule has 110 valence electrons. The molecule has 0 radical (unpaired) electrons. The molecule has 0 saturated carbocycles. The predicted molar refractivity (Wildman–Crippen MR) is 68.6 cm³/mol. The van der Waals surface area contributed by atoms with Crippen LogP contribution in [0.25, 0.3) is 0 Å². The number of carbonyl (C=O) groups is 3. The topological polar surface area (TPSA) is 105 Å². The third kappa shape index (κ3) is 6.08. The average Bonchev–Trinajstić information content (AvgIpc) is 2.34.